The molecule has 0 spiro atoms. The van der Waals surface area contributed by atoms with Crippen molar-refractivity contribution in [3.63, 3.8) is 0 Å². The number of carbonyl (C=O) groups excluding carboxylic acids is 2. The minimum absolute atomic E-state index is 0.00754. The zero-order valence-corrected chi connectivity index (χ0v) is 22.2. The standard InChI is InChI=1S/C23H26Cl3N5O4S/c24-14-1-5-17(6-2-14)29-23(33)30-11-12-31(36(34,35)18-9-10-19(25)20(26)13-18)22(30)21(32)28-16-7-3-15(27)4-8-16/h1-2,5-6,9-10,13,15-16,22H,3-4,7-8,11-12,27H2,(H,28,32)(H,29,33). The van der Waals surface area contributed by atoms with Crippen molar-refractivity contribution >= 4 is 62.5 Å². The maximum atomic E-state index is 13.6. The first-order valence-corrected chi connectivity index (χ1v) is 14.0. The lowest BCUT2D eigenvalue weighted by Gasteiger charge is -2.32. The van der Waals surface area contributed by atoms with Gasteiger partial charge in [-0.2, -0.15) is 4.31 Å². The van der Waals surface area contributed by atoms with Crippen LogP contribution in [0.15, 0.2) is 47.4 Å². The zero-order valence-electron chi connectivity index (χ0n) is 19.2. The molecule has 9 nitrogen and oxygen atoms in total. The van der Waals surface area contributed by atoms with E-state index >= 15 is 0 Å². The number of nitrogens with two attached hydrogens (primary N) is 1. The third-order valence-corrected chi connectivity index (χ3v) is 9.18. The van der Waals surface area contributed by atoms with Gasteiger partial charge in [0.05, 0.1) is 14.9 Å². The van der Waals surface area contributed by atoms with E-state index in [1.54, 1.807) is 24.3 Å². The summed E-state index contributed by atoms with van der Waals surface area (Å²) in [5.74, 6) is -0.581. The number of halogens is 3. The molecule has 2 fully saturated rings. The van der Waals surface area contributed by atoms with E-state index in [0.717, 1.165) is 17.1 Å². The van der Waals surface area contributed by atoms with Crippen LogP contribution < -0.4 is 16.4 Å². The third kappa shape index (κ3) is 5.90. The summed E-state index contributed by atoms with van der Waals surface area (Å²) in [5, 5.41) is 6.39. The number of amides is 3. The minimum atomic E-state index is -4.20. The van der Waals surface area contributed by atoms with Gasteiger partial charge in [0, 0.05) is 35.9 Å². The number of rotatable bonds is 5. The molecule has 36 heavy (non-hydrogen) atoms. The van der Waals surface area contributed by atoms with Crippen molar-refractivity contribution in [1.82, 2.24) is 14.5 Å². The first kappa shape index (κ1) is 27.0. The van der Waals surface area contributed by atoms with E-state index in [4.69, 9.17) is 40.5 Å². The van der Waals surface area contributed by atoms with Gasteiger partial charge in [-0.25, -0.2) is 13.2 Å². The molecule has 13 heteroatoms. The fourth-order valence-electron chi connectivity index (χ4n) is 4.38. The second kappa shape index (κ2) is 11.1. The van der Waals surface area contributed by atoms with Gasteiger partial charge in [-0.05, 0) is 68.1 Å². The lowest BCUT2D eigenvalue weighted by atomic mass is 9.92. The van der Waals surface area contributed by atoms with Crippen molar-refractivity contribution in [2.75, 3.05) is 18.4 Å². The predicted molar refractivity (Wildman–Crippen MR) is 140 cm³/mol. The highest BCUT2D eigenvalue weighted by Gasteiger charge is 2.47. The number of hydrogen-bond donors (Lipinski definition) is 3. The molecule has 1 saturated heterocycles. The van der Waals surface area contributed by atoms with E-state index in [2.05, 4.69) is 10.6 Å². The Bertz CT molecular complexity index is 1240. The Balaban J connectivity index is 1.62. The Hall–Kier alpha value is -2.08. The van der Waals surface area contributed by atoms with Crippen LogP contribution in [0.2, 0.25) is 15.1 Å². The highest BCUT2D eigenvalue weighted by molar-refractivity contribution is 7.89. The fraction of sp³-hybridized carbons (Fsp3) is 0.391. The first-order chi connectivity index (χ1) is 17.1. The summed E-state index contributed by atoms with van der Waals surface area (Å²) < 4.78 is 28.1. The van der Waals surface area contributed by atoms with E-state index in [0.29, 0.717) is 23.6 Å². The molecule has 0 aromatic heterocycles. The molecule has 1 aliphatic carbocycles. The van der Waals surface area contributed by atoms with Crippen LogP contribution in [0.25, 0.3) is 0 Å². The molecular weight excluding hydrogens is 549 g/mol. The molecule has 4 N–H and O–H groups in total. The first-order valence-electron chi connectivity index (χ1n) is 11.4. The summed E-state index contributed by atoms with van der Waals surface area (Å²) in [5.41, 5.74) is 6.43. The maximum Gasteiger partial charge on any atom is 0.323 e. The molecule has 1 heterocycles. The van der Waals surface area contributed by atoms with Gasteiger partial charge < -0.3 is 16.4 Å². The van der Waals surface area contributed by atoms with Crippen molar-refractivity contribution in [3.05, 3.63) is 57.5 Å². The maximum absolute atomic E-state index is 13.6. The minimum Gasteiger partial charge on any atom is -0.350 e. The number of hydrogen-bond acceptors (Lipinski definition) is 5. The van der Waals surface area contributed by atoms with Gasteiger partial charge in [-0.1, -0.05) is 34.8 Å². The molecule has 3 amide bonds. The van der Waals surface area contributed by atoms with Crippen LogP contribution >= 0.6 is 34.8 Å². The summed E-state index contributed by atoms with van der Waals surface area (Å²) in [6.07, 6.45) is 1.46. The van der Waals surface area contributed by atoms with Crippen molar-refractivity contribution in [2.45, 2.75) is 48.8 Å². The molecule has 1 unspecified atom stereocenters. The average molecular weight is 575 g/mol. The molecule has 2 aliphatic rings. The van der Waals surface area contributed by atoms with E-state index in [-0.39, 0.29) is 40.1 Å². The Kier molecular flexibility index (Phi) is 8.33. The zero-order chi connectivity index (χ0) is 26.0. The highest BCUT2D eigenvalue weighted by Crippen LogP contribution is 2.30. The third-order valence-electron chi connectivity index (χ3n) is 6.34. The molecular formula is C23H26Cl3N5O4S. The van der Waals surface area contributed by atoms with Gasteiger partial charge in [-0.3, -0.25) is 9.69 Å². The number of nitrogens with zero attached hydrogens (tertiary/aromatic N) is 2. The Labute approximate surface area is 224 Å². The van der Waals surface area contributed by atoms with E-state index in [9.17, 15) is 18.0 Å². The summed E-state index contributed by atoms with van der Waals surface area (Å²) in [7, 11) is -4.20. The number of anilines is 1. The summed E-state index contributed by atoms with van der Waals surface area (Å²) >= 11 is 17.9. The van der Waals surface area contributed by atoms with Gasteiger partial charge in [0.25, 0.3) is 5.91 Å². The largest absolute Gasteiger partial charge is 0.350 e. The number of benzene rings is 2. The molecule has 0 bridgehead atoms. The van der Waals surface area contributed by atoms with Crippen LogP contribution in [0.1, 0.15) is 25.7 Å². The Morgan fingerprint density at radius 3 is 2.22 bits per heavy atom. The smallest absolute Gasteiger partial charge is 0.323 e. The molecule has 1 saturated carbocycles. The summed E-state index contributed by atoms with van der Waals surface area (Å²) in [6.45, 7) is -0.0716. The van der Waals surface area contributed by atoms with Gasteiger partial charge >= 0.3 is 6.03 Å². The van der Waals surface area contributed by atoms with Crippen molar-refractivity contribution in [1.29, 1.82) is 0 Å². The van der Waals surface area contributed by atoms with Crippen LogP contribution in [0.3, 0.4) is 0 Å². The molecule has 4 rings (SSSR count). The number of nitrogens with one attached hydrogen (secondary N) is 2. The molecule has 2 aromatic rings. The van der Waals surface area contributed by atoms with Gasteiger partial charge in [-0.15, -0.1) is 0 Å². The van der Waals surface area contributed by atoms with Crippen molar-refractivity contribution in [3.8, 4) is 0 Å². The van der Waals surface area contributed by atoms with Crippen LogP contribution in [0, 0.1) is 0 Å². The second-order valence-electron chi connectivity index (χ2n) is 8.82. The lowest BCUT2D eigenvalue weighted by molar-refractivity contribution is -0.128. The topological polar surface area (TPSA) is 125 Å². The van der Waals surface area contributed by atoms with Crippen molar-refractivity contribution in [2.24, 2.45) is 5.73 Å². The average Bonchev–Trinajstić information content (AvgIpc) is 3.30. The second-order valence-corrected chi connectivity index (χ2v) is 12.0. The normalized spacial score (nSPS) is 22.9. The number of sulfonamides is 1. The summed E-state index contributed by atoms with van der Waals surface area (Å²) in [4.78, 5) is 27.7. The van der Waals surface area contributed by atoms with E-state index < -0.39 is 28.1 Å². The Morgan fingerprint density at radius 2 is 1.58 bits per heavy atom. The molecule has 0 radical (unpaired) electrons. The lowest BCUT2D eigenvalue weighted by Crippen LogP contribution is -2.56. The van der Waals surface area contributed by atoms with E-state index in [1.807, 2.05) is 0 Å². The van der Waals surface area contributed by atoms with Crippen LogP contribution in [0.4, 0.5) is 10.5 Å². The van der Waals surface area contributed by atoms with E-state index in [1.165, 1.54) is 23.1 Å². The van der Waals surface area contributed by atoms with Crippen molar-refractivity contribution < 1.29 is 18.0 Å². The van der Waals surface area contributed by atoms with Gasteiger partial charge in [0.1, 0.15) is 0 Å². The number of urea groups is 1. The molecule has 1 aliphatic heterocycles. The highest BCUT2D eigenvalue weighted by atomic mass is 35.5. The van der Waals surface area contributed by atoms with Crippen LogP contribution in [0.5, 0.6) is 0 Å². The molecule has 1 atom stereocenters. The Morgan fingerprint density at radius 1 is 0.917 bits per heavy atom. The van der Waals surface area contributed by atoms with Gasteiger partial charge in [0.15, 0.2) is 6.17 Å². The SMILES string of the molecule is NC1CCC(NC(=O)C2N(C(=O)Nc3ccc(Cl)cc3)CCN2S(=O)(=O)c2ccc(Cl)c(Cl)c2)CC1. The quantitative estimate of drug-likeness (QED) is 0.500. The van der Waals surface area contributed by atoms with Crippen LogP contribution in [-0.4, -0.2) is 60.9 Å². The fourth-order valence-corrected chi connectivity index (χ4v) is 6.44. The summed E-state index contributed by atoms with van der Waals surface area (Å²) in [6, 6.07) is 9.67. The predicted octanol–water partition coefficient (Wildman–Crippen LogP) is 3.90. The van der Waals surface area contributed by atoms with Gasteiger partial charge in [0.2, 0.25) is 10.0 Å². The molecule has 2 aromatic carbocycles. The molecule has 194 valence electrons. The van der Waals surface area contributed by atoms with Crippen LogP contribution in [-0.2, 0) is 14.8 Å². The number of carbonyl (C=O) groups is 2. The monoisotopic (exact) mass is 573 g/mol.